The van der Waals surface area contributed by atoms with Gasteiger partial charge in [0.25, 0.3) is 0 Å². The average molecular weight is 318 g/mol. The second kappa shape index (κ2) is 8.10. The third-order valence-electron chi connectivity index (χ3n) is 4.13. The van der Waals surface area contributed by atoms with E-state index < -0.39 is 15.1 Å². The zero-order valence-electron chi connectivity index (χ0n) is 12.5. The molecule has 2 heterocycles. The van der Waals surface area contributed by atoms with Crippen LogP contribution in [-0.4, -0.2) is 57.7 Å². The molecule has 2 aliphatic heterocycles. The van der Waals surface area contributed by atoms with Gasteiger partial charge < -0.3 is 15.4 Å². The molecule has 6 nitrogen and oxygen atoms in total. The van der Waals surface area contributed by atoms with Gasteiger partial charge in [-0.3, -0.25) is 4.79 Å². The minimum absolute atomic E-state index is 0.143. The van der Waals surface area contributed by atoms with Crippen LogP contribution >= 0.6 is 0 Å². The number of carbonyl (C=O) groups is 1. The Morgan fingerprint density at radius 1 is 1.19 bits per heavy atom. The van der Waals surface area contributed by atoms with Crippen molar-refractivity contribution in [1.29, 1.82) is 0 Å². The van der Waals surface area contributed by atoms with Gasteiger partial charge in [0.1, 0.15) is 5.25 Å². The van der Waals surface area contributed by atoms with Gasteiger partial charge in [-0.1, -0.05) is 6.42 Å². The first kappa shape index (κ1) is 16.7. The highest BCUT2D eigenvalue weighted by Crippen LogP contribution is 2.19. The van der Waals surface area contributed by atoms with Gasteiger partial charge in [-0.2, -0.15) is 0 Å². The van der Waals surface area contributed by atoms with Crippen molar-refractivity contribution in [2.45, 2.75) is 49.9 Å². The van der Waals surface area contributed by atoms with Crippen molar-refractivity contribution < 1.29 is 17.9 Å². The first-order valence-electron chi connectivity index (χ1n) is 7.91. The van der Waals surface area contributed by atoms with Crippen LogP contribution in [0.4, 0.5) is 0 Å². The van der Waals surface area contributed by atoms with Gasteiger partial charge in [0.15, 0.2) is 9.84 Å². The average Bonchev–Trinajstić information content (AvgIpc) is 2.47. The standard InChI is InChI=1S/C14H26N2O4S/c17-14(13-4-1-2-11-21(13,18)19)16-7-3-10-20-12-5-8-15-9-6-12/h12-13,15H,1-11H2,(H,16,17). The summed E-state index contributed by atoms with van der Waals surface area (Å²) in [7, 11) is -3.23. The van der Waals surface area contributed by atoms with Crippen molar-refractivity contribution in [3.8, 4) is 0 Å². The van der Waals surface area contributed by atoms with Crippen LogP contribution in [0.5, 0.6) is 0 Å². The van der Waals surface area contributed by atoms with Gasteiger partial charge in [0.2, 0.25) is 5.91 Å². The molecule has 122 valence electrons. The van der Waals surface area contributed by atoms with Crippen LogP contribution in [0, 0.1) is 0 Å². The number of carbonyl (C=O) groups excluding carboxylic acids is 1. The van der Waals surface area contributed by atoms with E-state index in [9.17, 15) is 13.2 Å². The van der Waals surface area contributed by atoms with E-state index in [4.69, 9.17) is 4.74 Å². The summed E-state index contributed by atoms with van der Waals surface area (Å²) < 4.78 is 29.4. The fourth-order valence-electron chi connectivity index (χ4n) is 2.86. The first-order chi connectivity index (χ1) is 10.1. The molecule has 2 fully saturated rings. The van der Waals surface area contributed by atoms with Gasteiger partial charge in [-0.25, -0.2) is 8.42 Å². The summed E-state index contributed by atoms with van der Waals surface area (Å²) in [6.07, 6.45) is 5.06. The molecule has 1 unspecified atom stereocenters. The van der Waals surface area contributed by atoms with E-state index in [-0.39, 0.29) is 11.7 Å². The van der Waals surface area contributed by atoms with E-state index >= 15 is 0 Å². The monoisotopic (exact) mass is 318 g/mol. The summed E-state index contributed by atoms with van der Waals surface area (Å²) >= 11 is 0. The lowest BCUT2D eigenvalue weighted by Gasteiger charge is -2.23. The third-order valence-corrected chi connectivity index (χ3v) is 6.31. The van der Waals surface area contributed by atoms with E-state index in [2.05, 4.69) is 10.6 Å². The SMILES string of the molecule is O=C(NCCCOC1CCNCC1)C1CCCCS1(=O)=O. The largest absolute Gasteiger partial charge is 0.378 e. The zero-order valence-corrected chi connectivity index (χ0v) is 13.3. The van der Waals surface area contributed by atoms with Crippen molar-refractivity contribution in [3.05, 3.63) is 0 Å². The molecule has 0 bridgehead atoms. The molecule has 2 saturated heterocycles. The minimum Gasteiger partial charge on any atom is -0.378 e. The molecule has 0 aliphatic carbocycles. The zero-order chi connectivity index (χ0) is 15.1. The summed E-state index contributed by atoms with van der Waals surface area (Å²) in [4.78, 5) is 11.9. The Kier molecular flexibility index (Phi) is 6.44. The molecule has 0 saturated carbocycles. The Labute approximate surface area is 126 Å². The van der Waals surface area contributed by atoms with E-state index in [1.165, 1.54) is 0 Å². The Hall–Kier alpha value is -0.660. The second-order valence-corrected chi connectivity index (χ2v) is 8.12. The molecule has 0 aromatic carbocycles. The number of sulfone groups is 1. The second-order valence-electron chi connectivity index (χ2n) is 5.82. The Balaban J connectivity index is 1.60. The van der Waals surface area contributed by atoms with Gasteiger partial charge in [-0.05, 0) is 45.2 Å². The molecular weight excluding hydrogens is 292 g/mol. The molecular formula is C14H26N2O4S. The molecule has 0 spiro atoms. The molecule has 2 aliphatic rings. The Morgan fingerprint density at radius 2 is 1.95 bits per heavy atom. The molecule has 0 aromatic heterocycles. The number of hydrogen-bond acceptors (Lipinski definition) is 5. The quantitative estimate of drug-likeness (QED) is 0.685. The maximum absolute atomic E-state index is 11.9. The van der Waals surface area contributed by atoms with Crippen molar-refractivity contribution in [2.75, 3.05) is 32.0 Å². The normalized spacial score (nSPS) is 26.4. The van der Waals surface area contributed by atoms with Crippen LogP contribution in [0.3, 0.4) is 0 Å². The van der Waals surface area contributed by atoms with E-state index in [1.807, 2.05) is 0 Å². The van der Waals surface area contributed by atoms with Crippen molar-refractivity contribution >= 4 is 15.7 Å². The van der Waals surface area contributed by atoms with Gasteiger partial charge in [0, 0.05) is 13.2 Å². The predicted molar refractivity (Wildman–Crippen MR) is 80.9 cm³/mol. The molecule has 0 aromatic rings. The predicted octanol–water partition coefficient (Wildman–Crippen LogP) is 0.229. The topological polar surface area (TPSA) is 84.5 Å². The number of piperidine rings is 1. The van der Waals surface area contributed by atoms with Gasteiger partial charge >= 0.3 is 0 Å². The highest BCUT2D eigenvalue weighted by atomic mass is 32.2. The summed E-state index contributed by atoms with van der Waals surface area (Å²) in [5, 5.41) is 5.18. The smallest absolute Gasteiger partial charge is 0.238 e. The first-order valence-corrected chi connectivity index (χ1v) is 9.63. The molecule has 2 rings (SSSR count). The van der Waals surface area contributed by atoms with E-state index in [0.717, 1.165) is 38.8 Å². The highest BCUT2D eigenvalue weighted by molar-refractivity contribution is 7.92. The van der Waals surface area contributed by atoms with Crippen molar-refractivity contribution in [1.82, 2.24) is 10.6 Å². The van der Waals surface area contributed by atoms with Crippen LogP contribution in [-0.2, 0) is 19.4 Å². The van der Waals surface area contributed by atoms with Crippen molar-refractivity contribution in [2.24, 2.45) is 0 Å². The lowest BCUT2D eigenvalue weighted by atomic mass is 10.1. The van der Waals surface area contributed by atoms with Crippen LogP contribution in [0.1, 0.15) is 38.5 Å². The van der Waals surface area contributed by atoms with Crippen molar-refractivity contribution in [3.63, 3.8) is 0 Å². The summed E-state index contributed by atoms with van der Waals surface area (Å²) in [6.45, 7) is 3.10. The fraction of sp³-hybridized carbons (Fsp3) is 0.929. The minimum atomic E-state index is -3.23. The number of hydrogen-bond donors (Lipinski definition) is 2. The van der Waals surface area contributed by atoms with Crippen LogP contribution < -0.4 is 10.6 Å². The molecule has 2 N–H and O–H groups in total. The van der Waals surface area contributed by atoms with Crippen LogP contribution in [0.15, 0.2) is 0 Å². The number of rotatable bonds is 6. The lowest BCUT2D eigenvalue weighted by Crippen LogP contribution is -2.43. The summed E-state index contributed by atoms with van der Waals surface area (Å²) in [5.74, 6) is -0.194. The van der Waals surface area contributed by atoms with Gasteiger partial charge in [0.05, 0.1) is 11.9 Å². The number of ether oxygens (including phenoxy) is 1. The molecule has 0 radical (unpaired) electrons. The van der Waals surface area contributed by atoms with Crippen LogP contribution in [0.2, 0.25) is 0 Å². The molecule has 21 heavy (non-hydrogen) atoms. The van der Waals surface area contributed by atoms with Gasteiger partial charge in [-0.15, -0.1) is 0 Å². The number of nitrogens with one attached hydrogen (secondary N) is 2. The maximum atomic E-state index is 11.9. The lowest BCUT2D eigenvalue weighted by molar-refractivity contribution is -0.120. The highest BCUT2D eigenvalue weighted by Gasteiger charge is 2.34. The van der Waals surface area contributed by atoms with Crippen LogP contribution in [0.25, 0.3) is 0 Å². The molecule has 1 amide bonds. The number of amides is 1. The van der Waals surface area contributed by atoms with E-state index in [0.29, 0.717) is 32.1 Å². The maximum Gasteiger partial charge on any atom is 0.238 e. The van der Waals surface area contributed by atoms with E-state index in [1.54, 1.807) is 0 Å². The Bertz CT molecular complexity index is 432. The summed E-state index contributed by atoms with van der Waals surface area (Å²) in [5.41, 5.74) is 0. The summed E-state index contributed by atoms with van der Waals surface area (Å²) in [6, 6.07) is 0. The molecule has 7 heteroatoms. The fourth-order valence-corrected chi connectivity index (χ4v) is 4.68. The third kappa shape index (κ3) is 5.23. The Morgan fingerprint density at radius 3 is 2.67 bits per heavy atom. The molecule has 1 atom stereocenters.